The third-order valence-corrected chi connectivity index (χ3v) is 4.20. The van der Waals surface area contributed by atoms with Crippen molar-refractivity contribution in [3.8, 4) is 6.07 Å². The van der Waals surface area contributed by atoms with E-state index in [9.17, 15) is 14.9 Å². The first-order valence-electron chi connectivity index (χ1n) is 6.79. The molecule has 0 bridgehead atoms. The predicted molar refractivity (Wildman–Crippen MR) is 89.0 cm³/mol. The van der Waals surface area contributed by atoms with Crippen molar-refractivity contribution < 1.29 is 9.72 Å². The molecule has 0 aliphatic rings. The van der Waals surface area contributed by atoms with Gasteiger partial charge in [0.15, 0.2) is 0 Å². The fourth-order valence-electron chi connectivity index (χ4n) is 1.82. The molecule has 0 spiro atoms. The molecule has 23 heavy (non-hydrogen) atoms. The number of nitrogens with one attached hydrogen (secondary N) is 1. The Hall–Kier alpha value is -2.98. The number of amides is 1. The Morgan fingerprint density at radius 3 is 2.57 bits per heavy atom. The van der Waals surface area contributed by atoms with E-state index in [-0.39, 0.29) is 11.3 Å². The molecule has 1 N–H and O–H groups in total. The van der Waals surface area contributed by atoms with Crippen LogP contribution in [0.25, 0.3) is 6.08 Å². The Balaban J connectivity index is 2.13. The SMILES string of the molecule is CCc1ccc(C=C(C#N)C(=O)Nc2ccc([N+](=O)[O-])cc2)s1. The minimum Gasteiger partial charge on any atom is -0.321 e. The third kappa shape index (κ3) is 4.25. The van der Waals surface area contributed by atoms with Crippen molar-refractivity contribution in [2.24, 2.45) is 0 Å². The van der Waals surface area contributed by atoms with Gasteiger partial charge in [-0.2, -0.15) is 5.26 Å². The maximum Gasteiger partial charge on any atom is 0.269 e. The van der Waals surface area contributed by atoms with E-state index in [1.165, 1.54) is 46.6 Å². The molecule has 116 valence electrons. The smallest absolute Gasteiger partial charge is 0.269 e. The lowest BCUT2D eigenvalue weighted by atomic mass is 10.2. The zero-order valence-corrected chi connectivity index (χ0v) is 13.1. The minimum atomic E-state index is -0.548. The molecule has 0 saturated heterocycles. The second-order valence-electron chi connectivity index (χ2n) is 4.59. The summed E-state index contributed by atoms with van der Waals surface area (Å²) < 4.78 is 0. The summed E-state index contributed by atoms with van der Waals surface area (Å²) in [5.41, 5.74) is 0.305. The Morgan fingerprint density at radius 2 is 2.04 bits per heavy atom. The van der Waals surface area contributed by atoms with Crippen LogP contribution < -0.4 is 5.32 Å². The van der Waals surface area contributed by atoms with Crippen LogP contribution in [0.1, 0.15) is 16.7 Å². The molecule has 0 unspecified atom stereocenters. The Bertz CT molecular complexity index is 801. The molecule has 7 heteroatoms. The van der Waals surface area contributed by atoms with Crippen molar-refractivity contribution >= 4 is 34.7 Å². The summed E-state index contributed by atoms with van der Waals surface area (Å²) in [5.74, 6) is -0.548. The highest BCUT2D eigenvalue weighted by atomic mass is 32.1. The number of nitriles is 1. The number of carbonyl (C=O) groups excluding carboxylic acids is 1. The fourth-order valence-corrected chi connectivity index (χ4v) is 2.71. The number of hydrogen-bond acceptors (Lipinski definition) is 5. The van der Waals surface area contributed by atoms with Crippen LogP contribution >= 0.6 is 11.3 Å². The van der Waals surface area contributed by atoms with Gasteiger partial charge < -0.3 is 5.32 Å². The Labute approximate surface area is 136 Å². The molecule has 6 nitrogen and oxygen atoms in total. The van der Waals surface area contributed by atoms with E-state index >= 15 is 0 Å². The topological polar surface area (TPSA) is 96.0 Å². The maximum absolute atomic E-state index is 12.1. The van der Waals surface area contributed by atoms with Crippen LogP contribution in [-0.2, 0) is 11.2 Å². The van der Waals surface area contributed by atoms with Crippen molar-refractivity contribution in [1.82, 2.24) is 0 Å². The zero-order chi connectivity index (χ0) is 16.8. The van der Waals surface area contributed by atoms with Crippen molar-refractivity contribution in [3.05, 3.63) is 61.8 Å². The molecule has 1 heterocycles. The third-order valence-electron chi connectivity index (χ3n) is 3.02. The first-order chi connectivity index (χ1) is 11.0. The number of rotatable bonds is 5. The van der Waals surface area contributed by atoms with Crippen LogP contribution in [0, 0.1) is 21.4 Å². The van der Waals surface area contributed by atoms with Crippen molar-refractivity contribution in [3.63, 3.8) is 0 Å². The number of carbonyl (C=O) groups is 1. The van der Waals surface area contributed by atoms with Crippen molar-refractivity contribution in [2.75, 3.05) is 5.32 Å². The van der Waals surface area contributed by atoms with Crippen LogP contribution in [0.15, 0.2) is 42.0 Å². The quantitative estimate of drug-likeness (QED) is 0.391. The number of nitrogens with zero attached hydrogens (tertiary/aromatic N) is 2. The van der Waals surface area contributed by atoms with Gasteiger partial charge in [-0.25, -0.2) is 0 Å². The summed E-state index contributed by atoms with van der Waals surface area (Å²) in [5, 5.41) is 22.3. The summed E-state index contributed by atoms with van der Waals surface area (Å²) >= 11 is 1.52. The highest BCUT2D eigenvalue weighted by Crippen LogP contribution is 2.21. The fraction of sp³-hybridized carbons (Fsp3) is 0.125. The number of anilines is 1. The predicted octanol–water partition coefficient (Wildman–Crippen LogP) is 3.76. The average molecular weight is 327 g/mol. The van der Waals surface area contributed by atoms with E-state index in [0.29, 0.717) is 5.69 Å². The van der Waals surface area contributed by atoms with E-state index in [1.807, 2.05) is 25.1 Å². The number of hydrogen-bond donors (Lipinski definition) is 1. The molecular formula is C16H13N3O3S. The minimum absolute atomic E-state index is 0.0205. The first kappa shape index (κ1) is 16.4. The molecule has 0 fully saturated rings. The molecular weight excluding hydrogens is 314 g/mol. The van der Waals surface area contributed by atoms with Crippen molar-refractivity contribution in [2.45, 2.75) is 13.3 Å². The highest BCUT2D eigenvalue weighted by molar-refractivity contribution is 7.12. The van der Waals surface area contributed by atoms with Gasteiger partial charge in [0, 0.05) is 27.6 Å². The first-order valence-corrected chi connectivity index (χ1v) is 7.61. The van der Waals surface area contributed by atoms with Crippen LogP contribution in [0.4, 0.5) is 11.4 Å². The van der Waals surface area contributed by atoms with E-state index in [0.717, 1.165) is 11.3 Å². The summed E-state index contributed by atoms with van der Waals surface area (Å²) in [6.45, 7) is 2.03. The van der Waals surface area contributed by atoms with Gasteiger partial charge in [0.05, 0.1) is 4.92 Å². The number of aryl methyl sites for hydroxylation is 1. The lowest BCUT2D eigenvalue weighted by Crippen LogP contribution is -2.13. The van der Waals surface area contributed by atoms with Gasteiger partial charge in [-0.15, -0.1) is 11.3 Å². The monoisotopic (exact) mass is 327 g/mol. The molecule has 0 aliphatic heterocycles. The number of non-ortho nitro benzene ring substituents is 1. The second-order valence-corrected chi connectivity index (χ2v) is 5.79. The zero-order valence-electron chi connectivity index (χ0n) is 12.3. The standard InChI is InChI=1S/C16H13N3O3S/c1-2-14-7-8-15(23-14)9-11(10-17)16(20)18-12-3-5-13(6-4-12)19(21)22/h3-9H,2H2,1H3,(H,18,20). The Kier molecular flexibility index (Phi) is 5.23. The van der Waals surface area contributed by atoms with Gasteiger partial charge in [-0.1, -0.05) is 6.92 Å². The molecule has 0 aliphatic carbocycles. The summed E-state index contributed by atoms with van der Waals surface area (Å²) in [6, 6.07) is 11.1. The van der Waals surface area contributed by atoms with E-state index in [1.54, 1.807) is 0 Å². The summed E-state index contributed by atoms with van der Waals surface area (Å²) in [7, 11) is 0. The van der Waals surface area contributed by atoms with Gasteiger partial charge in [0.2, 0.25) is 0 Å². The molecule has 0 atom stereocenters. The molecule has 0 saturated carbocycles. The second kappa shape index (κ2) is 7.33. The molecule has 0 radical (unpaired) electrons. The van der Waals surface area contributed by atoms with Gasteiger partial charge >= 0.3 is 0 Å². The van der Waals surface area contributed by atoms with Crippen LogP contribution in [0.3, 0.4) is 0 Å². The van der Waals surface area contributed by atoms with Crippen LogP contribution in [-0.4, -0.2) is 10.8 Å². The Morgan fingerprint density at radius 1 is 1.35 bits per heavy atom. The number of benzene rings is 1. The van der Waals surface area contributed by atoms with E-state index < -0.39 is 10.8 Å². The van der Waals surface area contributed by atoms with Crippen molar-refractivity contribution in [1.29, 1.82) is 5.26 Å². The van der Waals surface area contributed by atoms with Gasteiger partial charge in [-0.05, 0) is 36.8 Å². The molecule has 2 rings (SSSR count). The average Bonchev–Trinajstić information content (AvgIpc) is 3.00. The number of thiophene rings is 1. The lowest BCUT2D eigenvalue weighted by Gasteiger charge is -2.03. The van der Waals surface area contributed by atoms with E-state index in [2.05, 4.69) is 5.32 Å². The number of nitro groups is 1. The van der Waals surface area contributed by atoms with Gasteiger partial charge in [0.1, 0.15) is 11.6 Å². The van der Waals surface area contributed by atoms with Crippen LogP contribution in [0.2, 0.25) is 0 Å². The lowest BCUT2D eigenvalue weighted by molar-refractivity contribution is -0.384. The largest absolute Gasteiger partial charge is 0.321 e. The molecule has 1 amide bonds. The van der Waals surface area contributed by atoms with Gasteiger partial charge in [-0.3, -0.25) is 14.9 Å². The summed E-state index contributed by atoms with van der Waals surface area (Å²) in [4.78, 5) is 24.2. The van der Waals surface area contributed by atoms with Gasteiger partial charge in [0.25, 0.3) is 11.6 Å². The molecule has 2 aromatic rings. The molecule has 1 aromatic heterocycles. The number of nitro benzene ring substituents is 1. The molecule has 1 aromatic carbocycles. The maximum atomic E-state index is 12.1. The van der Waals surface area contributed by atoms with E-state index in [4.69, 9.17) is 5.26 Å². The normalized spacial score (nSPS) is 10.9. The van der Waals surface area contributed by atoms with Crippen LogP contribution in [0.5, 0.6) is 0 Å². The summed E-state index contributed by atoms with van der Waals surface area (Å²) in [6.07, 6.45) is 2.43. The highest BCUT2D eigenvalue weighted by Gasteiger charge is 2.11.